The Morgan fingerprint density at radius 2 is 1.69 bits per heavy atom. The molecule has 1 aromatic heterocycles. The van der Waals surface area contributed by atoms with Crippen LogP contribution in [0.15, 0.2) is 69.9 Å². The zero-order valence-electron chi connectivity index (χ0n) is 18.4. The van der Waals surface area contributed by atoms with E-state index < -0.39 is 23.6 Å². The van der Waals surface area contributed by atoms with Crippen LogP contribution in [-0.4, -0.2) is 39.9 Å². The fourth-order valence-corrected chi connectivity index (χ4v) is 3.39. The number of aromatic hydroxyl groups is 4. The molecular weight excluding hydrogens is 456 g/mol. The molecule has 4 aromatic rings. The van der Waals surface area contributed by atoms with Crippen molar-refractivity contribution in [3.05, 3.63) is 76.5 Å². The van der Waals surface area contributed by atoms with Gasteiger partial charge >= 0.3 is 0 Å². The Morgan fingerprint density at radius 1 is 0.943 bits per heavy atom. The first-order valence-corrected chi connectivity index (χ1v) is 10.3. The van der Waals surface area contributed by atoms with E-state index in [1.165, 1.54) is 55.7 Å². The second-order valence-electron chi connectivity index (χ2n) is 7.49. The van der Waals surface area contributed by atoms with Crippen LogP contribution in [-0.2, 0) is 4.79 Å². The highest BCUT2D eigenvalue weighted by molar-refractivity contribution is 5.95. The third-order valence-electron chi connectivity index (χ3n) is 5.07. The largest absolute Gasteiger partial charge is 0.508 e. The van der Waals surface area contributed by atoms with Gasteiger partial charge in [0, 0.05) is 17.7 Å². The first-order valence-electron chi connectivity index (χ1n) is 10.3. The van der Waals surface area contributed by atoms with Crippen molar-refractivity contribution in [1.29, 1.82) is 0 Å². The van der Waals surface area contributed by atoms with E-state index in [-0.39, 0.29) is 45.5 Å². The van der Waals surface area contributed by atoms with Crippen LogP contribution >= 0.6 is 0 Å². The topological polar surface area (TPSA) is 147 Å². The fourth-order valence-electron chi connectivity index (χ4n) is 3.39. The summed E-state index contributed by atoms with van der Waals surface area (Å²) >= 11 is 0. The third-order valence-corrected chi connectivity index (χ3v) is 5.07. The van der Waals surface area contributed by atoms with Crippen molar-refractivity contribution in [3.63, 3.8) is 0 Å². The van der Waals surface area contributed by atoms with Gasteiger partial charge in [-0.15, -0.1) is 0 Å². The molecule has 0 saturated heterocycles. The number of fused-ring (bicyclic) bond motifs is 1. The quantitative estimate of drug-likeness (QED) is 0.291. The van der Waals surface area contributed by atoms with Crippen LogP contribution in [0.4, 0.5) is 0 Å². The summed E-state index contributed by atoms with van der Waals surface area (Å²) in [6.45, 7) is -0.529. The number of ketones is 1. The molecule has 9 heteroatoms. The summed E-state index contributed by atoms with van der Waals surface area (Å²) in [7, 11) is 1.42. The molecule has 3 aromatic carbocycles. The molecule has 178 valence electrons. The molecule has 0 atom stereocenters. The number of carbonyl (C=O) groups excluding carboxylic acids is 1. The molecule has 0 unspecified atom stereocenters. The maximum absolute atomic E-state index is 13.2. The Labute approximate surface area is 198 Å². The van der Waals surface area contributed by atoms with Crippen LogP contribution in [0, 0.1) is 0 Å². The molecule has 0 radical (unpaired) electrons. The van der Waals surface area contributed by atoms with Crippen LogP contribution in [0.2, 0.25) is 0 Å². The molecule has 0 spiro atoms. The molecule has 0 bridgehead atoms. The highest BCUT2D eigenvalue weighted by Crippen LogP contribution is 2.36. The van der Waals surface area contributed by atoms with Crippen molar-refractivity contribution in [1.82, 2.24) is 0 Å². The second kappa shape index (κ2) is 9.52. The Kier molecular flexibility index (Phi) is 6.32. The number of carbonyl (C=O) groups is 1. The zero-order valence-corrected chi connectivity index (χ0v) is 18.4. The third kappa shape index (κ3) is 4.88. The normalized spacial score (nSPS) is 11.1. The Balaban J connectivity index is 1.67. The molecule has 4 rings (SSSR count). The molecule has 0 aliphatic rings. The van der Waals surface area contributed by atoms with Crippen LogP contribution in [0.1, 0.15) is 5.56 Å². The standard InChI is InChI=1S/C26H20O9/c1-33-21-9-3-14(10-19(21)30)2-6-17(28)13-34-26-24(32)23-20(31)11-18(29)12-22(23)35-25(26)15-4-7-16(27)8-5-15/h2-12,27,29-31H,13H2,1H3/b6-2+. The first kappa shape index (κ1) is 23.2. The minimum atomic E-state index is -0.747. The van der Waals surface area contributed by atoms with Crippen molar-refractivity contribution in [2.45, 2.75) is 0 Å². The second-order valence-corrected chi connectivity index (χ2v) is 7.49. The van der Waals surface area contributed by atoms with Crippen LogP contribution in [0.3, 0.4) is 0 Å². The van der Waals surface area contributed by atoms with Gasteiger partial charge in [-0.1, -0.05) is 12.1 Å². The number of rotatable bonds is 7. The van der Waals surface area contributed by atoms with E-state index in [0.717, 1.165) is 6.07 Å². The number of methoxy groups -OCH3 is 1. The molecule has 0 amide bonds. The molecular formula is C26H20O9. The van der Waals surface area contributed by atoms with E-state index in [1.807, 2.05) is 0 Å². The summed E-state index contributed by atoms with van der Waals surface area (Å²) in [6.07, 6.45) is 2.68. The van der Waals surface area contributed by atoms with E-state index in [4.69, 9.17) is 13.9 Å². The summed E-state index contributed by atoms with van der Waals surface area (Å²) in [6, 6.07) is 12.5. The smallest absolute Gasteiger partial charge is 0.239 e. The Morgan fingerprint density at radius 3 is 2.37 bits per heavy atom. The fraction of sp³-hybridized carbons (Fsp3) is 0.0769. The summed E-state index contributed by atoms with van der Waals surface area (Å²) in [4.78, 5) is 25.6. The minimum Gasteiger partial charge on any atom is -0.508 e. The van der Waals surface area contributed by atoms with Crippen molar-refractivity contribution >= 4 is 22.8 Å². The van der Waals surface area contributed by atoms with Crippen molar-refractivity contribution < 1.29 is 39.1 Å². The number of hydrogen-bond donors (Lipinski definition) is 4. The van der Waals surface area contributed by atoms with Gasteiger partial charge in [-0.3, -0.25) is 9.59 Å². The van der Waals surface area contributed by atoms with E-state index >= 15 is 0 Å². The summed E-state index contributed by atoms with van der Waals surface area (Å²) in [5.41, 5.74) is 0.0601. The lowest BCUT2D eigenvalue weighted by Crippen LogP contribution is -2.15. The SMILES string of the molecule is COc1ccc(/C=C/C(=O)COc2c(-c3ccc(O)cc3)oc3cc(O)cc(O)c3c2=O)cc1O. The number of hydrogen-bond acceptors (Lipinski definition) is 9. The lowest BCUT2D eigenvalue weighted by Gasteiger charge is -2.12. The number of phenols is 4. The van der Waals surface area contributed by atoms with Crippen molar-refractivity contribution in [3.8, 4) is 45.8 Å². The van der Waals surface area contributed by atoms with Crippen molar-refractivity contribution in [2.75, 3.05) is 13.7 Å². The number of phenolic OH excluding ortho intramolecular Hbond substituents is 4. The average molecular weight is 476 g/mol. The van der Waals surface area contributed by atoms with Gasteiger partial charge < -0.3 is 34.3 Å². The van der Waals surface area contributed by atoms with Gasteiger partial charge in [0.15, 0.2) is 29.6 Å². The van der Waals surface area contributed by atoms with Crippen LogP contribution in [0.25, 0.3) is 28.4 Å². The summed E-state index contributed by atoms with van der Waals surface area (Å²) < 4.78 is 16.3. The molecule has 1 heterocycles. The van der Waals surface area contributed by atoms with Crippen molar-refractivity contribution in [2.24, 2.45) is 0 Å². The minimum absolute atomic E-state index is 0.0143. The predicted molar refractivity (Wildman–Crippen MR) is 127 cm³/mol. The van der Waals surface area contributed by atoms with E-state index in [0.29, 0.717) is 11.1 Å². The zero-order chi connectivity index (χ0) is 25.1. The monoisotopic (exact) mass is 476 g/mol. The molecule has 9 nitrogen and oxygen atoms in total. The molecule has 0 aliphatic heterocycles. The molecule has 0 aliphatic carbocycles. The van der Waals surface area contributed by atoms with Gasteiger partial charge in [0.25, 0.3) is 0 Å². The van der Waals surface area contributed by atoms with E-state index in [1.54, 1.807) is 12.1 Å². The van der Waals surface area contributed by atoms with Gasteiger partial charge in [0.2, 0.25) is 11.2 Å². The maximum Gasteiger partial charge on any atom is 0.239 e. The highest BCUT2D eigenvalue weighted by atomic mass is 16.5. The lowest BCUT2D eigenvalue weighted by molar-refractivity contribution is -0.116. The average Bonchev–Trinajstić information content (AvgIpc) is 2.82. The first-order chi connectivity index (χ1) is 16.8. The molecule has 4 N–H and O–H groups in total. The Hall–Kier alpha value is -4.92. The van der Waals surface area contributed by atoms with Crippen LogP contribution in [0.5, 0.6) is 34.5 Å². The highest BCUT2D eigenvalue weighted by Gasteiger charge is 2.21. The molecule has 0 saturated carbocycles. The number of benzene rings is 3. The summed E-state index contributed by atoms with van der Waals surface area (Å²) in [5.74, 6) is -1.51. The van der Waals surface area contributed by atoms with Gasteiger partial charge in [-0.05, 0) is 48.0 Å². The van der Waals surface area contributed by atoms with Gasteiger partial charge in [0.05, 0.1) is 7.11 Å². The van der Waals surface area contributed by atoms with E-state index in [2.05, 4.69) is 0 Å². The molecule has 35 heavy (non-hydrogen) atoms. The van der Waals surface area contributed by atoms with Gasteiger partial charge in [0.1, 0.15) is 28.2 Å². The van der Waals surface area contributed by atoms with E-state index in [9.17, 15) is 30.0 Å². The Bertz CT molecular complexity index is 1500. The predicted octanol–water partition coefficient (Wildman–Crippen LogP) is 3.95. The van der Waals surface area contributed by atoms with Gasteiger partial charge in [-0.25, -0.2) is 0 Å². The summed E-state index contributed by atoms with van der Waals surface area (Å²) in [5, 5.41) is 39.2. The van der Waals surface area contributed by atoms with Gasteiger partial charge in [-0.2, -0.15) is 0 Å². The molecule has 0 fully saturated rings. The maximum atomic E-state index is 13.2. The number of ether oxygens (including phenoxy) is 2. The lowest BCUT2D eigenvalue weighted by atomic mass is 10.1. The van der Waals surface area contributed by atoms with Crippen LogP contribution < -0.4 is 14.9 Å².